The number of Topliss-reactive ketones (excluding diaryl/α,β-unsaturated/α-hetero) is 1. The molecule has 21 heavy (non-hydrogen) atoms. The van der Waals surface area contributed by atoms with Crippen LogP contribution in [0.4, 0.5) is 0 Å². The Balaban J connectivity index is 2.21. The number of methoxy groups -OCH3 is 1. The first-order chi connectivity index (χ1) is 10.1. The molecule has 1 aliphatic carbocycles. The molecule has 0 aromatic heterocycles. The van der Waals surface area contributed by atoms with Gasteiger partial charge in [-0.25, -0.2) is 0 Å². The molecule has 1 fully saturated rings. The number of carbonyl (C=O) groups excluding carboxylic acids is 1. The van der Waals surface area contributed by atoms with Crippen LogP contribution in [0.15, 0.2) is 24.3 Å². The van der Waals surface area contributed by atoms with Gasteiger partial charge in [0.15, 0.2) is 5.78 Å². The molecule has 0 amide bonds. The molecule has 1 aromatic carbocycles. The van der Waals surface area contributed by atoms with E-state index in [9.17, 15) is 14.9 Å². The second kappa shape index (κ2) is 7.20. The average molecular weight is 291 g/mol. The molecule has 0 radical (unpaired) electrons. The molecule has 0 heterocycles. The monoisotopic (exact) mass is 291 g/mol. The van der Waals surface area contributed by atoms with Crippen LogP contribution in [-0.2, 0) is 0 Å². The van der Waals surface area contributed by atoms with Crippen LogP contribution in [0.1, 0.15) is 42.5 Å². The maximum absolute atomic E-state index is 12.7. The van der Waals surface area contributed by atoms with E-state index in [0.29, 0.717) is 11.3 Å². The third-order valence-corrected chi connectivity index (χ3v) is 4.26. The molecular weight excluding hydrogens is 270 g/mol. The third-order valence-electron chi connectivity index (χ3n) is 4.26. The zero-order valence-electron chi connectivity index (χ0n) is 12.3. The van der Waals surface area contributed by atoms with Crippen molar-refractivity contribution in [2.45, 2.75) is 32.1 Å². The Morgan fingerprint density at radius 1 is 1.38 bits per heavy atom. The smallest absolute Gasteiger partial charge is 0.214 e. The summed E-state index contributed by atoms with van der Waals surface area (Å²) in [5.74, 6) is 0.0807. The minimum absolute atomic E-state index is 0.127. The molecule has 0 saturated heterocycles. The maximum atomic E-state index is 12.7. The number of nitrogens with zero attached hydrogens (tertiary/aromatic N) is 1. The van der Waals surface area contributed by atoms with E-state index in [1.165, 1.54) is 0 Å². The highest BCUT2D eigenvalue weighted by molar-refractivity contribution is 5.98. The predicted molar refractivity (Wildman–Crippen MR) is 79.3 cm³/mol. The molecule has 5 nitrogen and oxygen atoms in total. The van der Waals surface area contributed by atoms with E-state index in [1.807, 2.05) is 0 Å². The molecular formula is C16H21NO4. The number of hydrogen-bond donors (Lipinski definition) is 0. The fourth-order valence-corrected chi connectivity index (χ4v) is 3.13. The highest BCUT2D eigenvalue weighted by Gasteiger charge is 2.34. The van der Waals surface area contributed by atoms with Gasteiger partial charge >= 0.3 is 0 Å². The number of nitro groups is 1. The Morgan fingerprint density at radius 2 is 2.10 bits per heavy atom. The summed E-state index contributed by atoms with van der Waals surface area (Å²) in [5, 5.41) is 10.9. The van der Waals surface area contributed by atoms with Crippen molar-refractivity contribution in [1.82, 2.24) is 0 Å². The summed E-state index contributed by atoms with van der Waals surface area (Å²) in [7, 11) is 1.54. The van der Waals surface area contributed by atoms with Crippen molar-refractivity contribution >= 4 is 5.78 Å². The fraction of sp³-hybridized carbons (Fsp3) is 0.562. The second-order valence-electron chi connectivity index (χ2n) is 5.62. The van der Waals surface area contributed by atoms with Gasteiger partial charge in [0.05, 0.1) is 13.0 Å². The van der Waals surface area contributed by atoms with Crippen molar-refractivity contribution in [2.75, 3.05) is 13.7 Å². The van der Waals surface area contributed by atoms with Gasteiger partial charge in [-0.1, -0.05) is 31.4 Å². The Bertz CT molecular complexity index is 509. The van der Waals surface area contributed by atoms with Gasteiger partial charge in [0.25, 0.3) is 0 Å². The van der Waals surface area contributed by atoms with Crippen LogP contribution in [0, 0.1) is 22.0 Å². The van der Waals surface area contributed by atoms with Gasteiger partial charge in [-0.3, -0.25) is 14.9 Å². The number of carbonyl (C=O) groups is 1. The van der Waals surface area contributed by atoms with E-state index in [1.54, 1.807) is 31.4 Å². The van der Waals surface area contributed by atoms with Crippen LogP contribution < -0.4 is 4.74 Å². The van der Waals surface area contributed by atoms with Crippen LogP contribution in [-0.4, -0.2) is 24.4 Å². The minimum Gasteiger partial charge on any atom is -0.497 e. The lowest BCUT2D eigenvalue weighted by atomic mass is 9.76. The molecule has 1 atom stereocenters. The Morgan fingerprint density at radius 3 is 2.71 bits per heavy atom. The number of rotatable bonds is 6. The molecule has 0 N–H and O–H groups in total. The third kappa shape index (κ3) is 4.03. The number of hydrogen-bond acceptors (Lipinski definition) is 4. The van der Waals surface area contributed by atoms with E-state index in [2.05, 4.69) is 0 Å². The van der Waals surface area contributed by atoms with E-state index in [-0.39, 0.29) is 23.2 Å². The van der Waals surface area contributed by atoms with Crippen LogP contribution in [0.2, 0.25) is 0 Å². The van der Waals surface area contributed by atoms with Crippen LogP contribution in [0.25, 0.3) is 0 Å². The van der Waals surface area contributed by atoms with Crippen LogP contribution in [0.5, 0.6) is 5.75 Å². The molecule has 1 aliphatic rings. The van der Waals surface area contributed by atoms with Gasteiger partial charge in [-0.05, 0) is 30.9 Å². The van der Waals surface area contributed by atoms with Gasteiger partial charge in [-0.2, -0.15) is 0 Å². The molecule has 1 saturated carbocycles. The average Bonchev–Trinajstić information content (AvgIpc) is 2.52. The molecule has 114 valence electrons. The van der Waals surface area contributed by atoms with Crippen molar-refractivity contribution in [1.29, 1.82) is 0 Å². The zero-order chi connectivity index (χ0) is 15.2. The number of benzene rings is 1. The van der Waals surface area contributed by atoms with Gasteiger partial charge in [0, 0.05) is 10.5 Å². The van der Waals surface area contributed by atoms with E-state index >= 15 is 0 Å². The highest BCUT2D eigenvalue weighted by atomic mass is 16.6. The summed E-state index contributed by atoms with van der Waals surface area (Å²) in [4.78, 5) is 23.3. The Hall–Kier alpha value is -1.91. The van der Waals surface area contributed by atoms with Crippen molar-refractivity contribution in [2.24, 2.45) is 11.8 Å². The lowest BCUT2D eigenvalue weighted by Crippen LogP contribution is -2.32. The Kier molecular flexibility index (Phi) is 5.31. The summed E-state index contributed by atoms with van der Waals surface area (Å²) in [5.41, 5.74) is 0.506. The molecule has 0 spiro atoms. The van der Waals surface area contributed by atoms with Crippen molar-refractivity contribution in [3.05, 3.63) is 39.9 Å². The molecule has 5 heteroatoms. The predicted octanol–water partition coefficient (Wildman–Crippen LogP) is 3.35. The second-order valence-corrected chi connectivity index (χ2v) is 5.62. The molecule has 0 bridgehead atoms. The number of ether oxygens (including phenoxy) is 1. The lowest BCUT2D eigenvalue weighted by molar-refractivity contribution is -0.487. The largest absolute Gasteiger partial charge is 0.497 e. The molecule has 1 unspecified atom stereocenters. The quantitative estimate of drug-likeness (QED) is 0.458. The molecule has 1 aromatic rings. The van der Waals surface area contributed by atoms with E-state index < -0.39 is 5.92 Å². The first kappa shape index (κ1) is 15.5. The first-order valence-corrected chi connectivity index (χ1v) is 7.42. The SMILES string of the molecule is COc1cccc(C(=O)C(C[N+](=O)[O-])C2CCCCC2)c1. The summed E-state index contributed by atoms with van der Waals surface area (Å²) in [6, 6.07) is 6.88. The topological polar surface area (TPSA) is 69.4 Å². The summed E-state index contributed by atoms with van der Waals surface area (Å²) in [6.07, 6.45) is 5.10. The van der Waals surface area contributed by atoms with Gasteiger partial charge in [0.1, 0.15) is 5.75 Å². The summed E-state index contributed by atoms with van der Waals surface area (Å²) in [6.45, 7) is -0.277. The van der Waals surface area contributed by atoms with Gasteiger partial charge < -0.3 is 4.74 Å². The normalized spacial score (nSPS) is 17.2. The highest BCUT2D eigenvalue weighted by Crippen LogP contribution is 2.32. The van der Waals surface area contributed by atoms with Gasteiger partial charge in [-0.15, -0.1) is 0 Å². The first-order valence-electron chi connectivity index (χ1n) is 7.42. The van der Waals surface area contributed by atoms with Crippen LogP contribution >= 0.6 is 0 Å². The zero-order valence-corrected chi connectivity index (χ0v) is 12.3. The van der Waals surface area contributed by atoms with Gasteiger partial charge in [0.2, 0.25) is 6.54 Å². The number of ketones is 1. The van der Waals surface area contributed by atoms with Crippen molar-refractivity contribution in [3.8, 4) is 5.75 Å². The van der Waals surface area contributed by atoms with E-state index in [0.717, 1.165) is 32.1 Å². The molecule has 2 rings (SSSR count). The van der Waals surface area contributed by atoms with Crippen LogP contribution in [0.3, 0.4) is 0 Å². The lowest BCUT2D eigenvalue weighted by Gasteiger charge is -2.27. The minimum atomic E-state index is -0.521. The fourth-order valence-electron chi connectivity index (χ4n) is 3.13. The van der Waals surface area contributed by atoms with E-state index in [4.69, 9.17) is 4.74 Å². The summed E-state index contributed by atoms with van der Waals surface area (Å²) < 4.78 is 5.13. The molecule has 0 aliphatic heterocycles. The summed E-state index contributed by atoms with van der Waals surface area (Å²) >= 11 is 0. The maximum Gasteiger partial charge on any atom is 0.214 e. The Labute approximate surface area is 124 Å². The standard InChI is InChI=1S/C16H21NO4/c1-21-14-9-5-8-13(10-14)16(18)15(11-17(19)20)12-6-3-2-4-7-12/h5,8-10,12,15H,2-4,6-7,11H2,1H3. The van der Waals surface area contributed by atoms with Crippen molar-refractivity contribution < 1.29 is 14.5 Å². The van der Waals surface area contributed by atoms with Crippen molar-refractivity contribution in [3.63, 3.8) is 0 Å².